The second kappa shape index (κ2) is 5.74. The fourth-order valence-electron chi connectivity index (χ4n) is 2.45. The highest BCUT2D eigenvalue weighted by Gasteiger charge is 2.28. The van der Waals surface area contributed by atoms with Crippen LogP contribution in [-0.4, -0.2) is 29.8 Å². The topological polar surface area (TPSA) is 63.4 Å². The molecule has 0 radical (unpaired) electrons. The van der Waals surface area contributed by atoms with Crippen molar-refractivity contribution in [3.05, 3.63) is 33.8 Å². The molecule has 1 aromatic carbocycles. The molecule has 1 aromatic rings. The summed E-state index contributed by atoms with van der Waals surface area (Å²) in [6, 6.07) is 5.66. The monoisotopic (exact) mass is 324 g/mol. The quantitative estimate of drug-likeness (QED) is 0.925. The minimum atomic E-state index is -0.295. The molecule has 102 valence electrons. The molecule has 2 amide bonds. The minimum absolute atomic E-state index is 0.0162. The first kappa shape index (κ1) is 14.1. The third kappa shape index (κ3) is 3.15. The van der Waals surface area contributed by atoms with Gasteiger partial charge in [0.05, 0.1) is 5.56 Å². The lowest BCUT2D eigenvalue weighted by Crippen LogP contribution is -2.29. The van der Waals surface area contributed by atoms with E-state index in [1.165, 1.54) is 0 Å². The molecule has 19 heavy (non-hydrogen) atoms. The summed E-state index contributed by atoms with van der Waals surface area (Å²) < 4.78 is 0.846. The van der Waals surface area contributed by atoms with E-state index in [0.29, 0.717) is 25.1 Å². The van der Waals surface area contributed by atoms with Crippen molar-refractivity contribution in [3.63, 3.8) is 0 Å². The van der Waals surface area contributed by atoms with Gasteiger partial charge in [-0.2, -0.15) is 0 Å². The van der Waals surface area contributed by atoms with Crippen molar-refractivity contribution in [2.24, 2.45) is 11.7 Å². The average molecular weight is 325 g/mol. The van der Waals surface area contributed by atoms with Crippen LogP contribution in [0.5, 0.6) is 0 Å². The van der Waals surface area contributed by atoms with Gasteiger partial charge in [0.2, 0.25) is 5.91 Å². The highest BCUT2D eigenvalue weighted by Crippen LogP contribution is 2.26. The lowest BCUT2D eigenvalue weighted by molar-refractivity contribution is -0.118. The normalized spacial score (nSPS) is 18.6. The van der Waals surface area contributed by atoms with Gasteiger partial charge in [-0.25, -0.2) is 0 Å². The van der Waals surface area contributed by atoms with Gasteiger partial charge in [-0.3, -0.25) is 9.59 Å². The first-order valence-electron chi connectivity index (χ1n) is 6.31. The van der Waals surface area contributed by atoms with Crippen LogP contribution < -0.4 is 5.73 Å². The van der Waals surface area contributed by atoms with Crippen LogP contribution >= 0.6 is 15.9 Å². The van der Waals surface area contributed by atoms with Gasteiger partial charge in [0.15, 0.2) is 0 Å². The van der Waals surface area contributed by atoms with E-state index in [-0.39, 0.29) is 17.7 Å². The summed E-state index contributed by atoms with van der Waals surface area (Å²) in [6.45, 7) is 3.26. The van der Waals surface area contributed by atoms with E-state index in [1.54, 1.807) is 4.90 Å². The van der Waals surface area contributed by atoms with Gasteiger partial charge in [-0.1, -0.05) is 12.1 Å². The summed E-state index contributed by atoms with van der Waals surface area (Å²) in [4.78, 5) is 25.1. The average Bonchev–Trinajstić information content (AvgIpc) is 2.79. The third-order valence-corrected chi connectivity index (χ3v) is 4.54. The molecule has 0 aromatic heterocycles. The fourth-order valence-corrected chi connectivity index (χ4v) is 2.89. The first-order valence-corrected chi connectivity index (χ1v) is 7.11. The molecule has 1 aliphatic rings. The number of nitrogens with zero attached hydrogens (tertiary/aromatic N) is 1. The Hall–Kier alpha value is -1.36. The standard InChI is InChI=1S/C14H17BrN2O2/c1-9-3-2-4-11(13(9)15)14(19)17-6-5-10(8-17)7-12(16)18/h2-4,10H,5-8H2,1H3,(H2,16,18). The predicted molar refractivity (Wildman–Crippen MR) is 76.7 cm³/mol. The fraction of sp³-hybridized carbons (Fsp3) is 0.429. The van der Waals surface area contributed by atoms with Gasteiger partial charge in [-0.15, -0.1) is 0 Å². The number of aryl methyl sites for hydroxylation is 1. The summed E-state index contributed by atoms with van der Waals surface area (Å²) in [5, 5.41) is 0. The van der Waals surface area contributed by atoms with E-state index in [4.69, 9.17) is 5.73 Å². The molecule has 4 nitrogen and oxygen atoms in total. The van der Waals surface area contributed by atoms with Crippen LogP contribution in [0.3, 0.4) is 0 Å². The molecule has 0 saturated carbocycles. The minimum Gasteiger partial charge on any atom is -0.370 e. The molecular weight excluding hydrogens is 308 g/mol. The molecule has 1 unspecified atom stereocenters. The molecule has 2 N–H and O–H groups in total. The smallest absolute Gasteiger partial charge is 0.255 e. The number of carbonyl (C=O) groups is 2. The molecule has 2 rings (SSSR count). The SMILES string of the molecule is Cc1cccc(C(=O)N2CCC(CC(N)=O)C2)c1Br. The number of carbonyl (C=O) groups excluding carboxylic acids is 2. The maximum absolute atomic E-state index is 12.4. The van der Waals surface area contributed by atoms with Gasteiger partial charge in [0.1, 0.15) is 0 Å². The highest BCUT2D eigenvalue weighted by atomic mass is 79.9. The summed E-state index contributed by atoms with van der Waals surface area (Å²) in [6.07, 6.45) is 1.21. The molecule has 0 aliphatic carbocycles. The Morgan fingerprint density at radius 1 is 1.47 bits per heavy atom. The van der Waals surface area contributed by atoms with Crippen LogP contribution in [0.1, 0.15) is 28.8 Å². The van der Waals surface area contributed by atoms with E-state index in [2.05, 4.69) is 15.9 Å². The van der Waals surface area contributed by atoms with Gasteiger partial charge in [0.25, 0.3) is 5.91 Å². The molecule has 1 atom stereocenters. The number of nitrogens with two attached hydrogens (primary N) is 1. The van der Waals surface area contributed by atoms with Gasteiger partial charge < -0.3 is 10.6 Å². The first-order chi connectivity index (χ1) is 8.99. The van der Waals surface area contributed by atoms with E-state index in [9.17, 15) is 9.59 Å². The van der Waals surface area contributed by atoms with Crippen LogP contribution in [0.25, 0.3) is 0 Å². The number of likely N-dealkylation sites (tertiary alicyclic amines) is 1. The Morgan fingerprint density at radius 2 is 2.21 bits per heavy atom. The van der Waals surface area contributed by atoms with Gasteiger partial charge >= 0.3 is 0 Å². The number of halogens is 1. The van der Waals surface area contributed by atoms with E-state index in [1.807, 2.05) is 25.1 Å². The Bertz CT molecular complexity index is 516. The number of benzene rings is 1. The molecule has 1 saturated heterocycles. The Balaban J connectivity index is 2.09. The number of hydrogen-bond acceptors (Lipinski definition) is 2. The second-order valence-electron chi connectivity index (χ2n) is 5.01. The molecule has 5 heteroatoms. The predicted octanol–water partition coefficient (Wildman–Crippen LogP) is 2.10. The Kier molecular flexibility index (Phi) is 4.24. The van der Waals surface area contributed by atoms with Crippen molar-refractivity contribution in [2.75, 3.05) is 13.1 Å². The zero-order valence-electron chi connectivity index (χ0n) is 10.9. The van der Waals surface area contributed by atoms with Crippen LogP contribution in [0.15, 0.2) is 22.7 Å². The number of hydrogen-bond donors (Lipinski definition) is 1. The number of amides is 2. The van der Waals surface area contributed by atoms with Crippen LogP contribution in [0.4, 0.5) is 0 Å². The summed E-state index contributed by atoms with van der Waals surface area (Å²) in [5.74, 6) is -0.0800. The van der Waals surface area contributed by atoms with Crippen molar-refractivity contribution in [3.8, 4) is 0 Å². The maximum Gasteiger partial charge on any atom is 0.255 e. The lowest BCUT2D eigenvalue weighted by atomic mass is 10.1. The lowest BCUT2D eigenvalue weighted by Gasteiger charge is -2.17. The third-order valence-electron chi connectivity index (χ3n) is 3.49. The zero-order valence-corrected chi connectivity index (χ0v) is 12.4. The van der Waals surface area contributed by atoms with E-state index < -0.39 is 0 Å². The van der Waals surface area contributed by atoms with Crippen LogP contribution in [0, 0.1) is 12.8 Å². The zero-order chi connectivity index (χ0) is 14.0. The molecule has 0 bridgehead atoms. The Morgan fingerprint density at radius 3 is 2.89 bits per heavy atom. The van der Waals surface area contributed by atoms with Crippen LogP contribution in [0.2, 0.25) is 0 Å². The molecule has 1 fully saturated rings. The summed E-state index contributed by atoms with van der Waals surface area (Å²) >= 11 is 3.46. The number of rotatable bonds is 3. The van der Waals surface area contributed by atoms with Gasteiger partial charge in [0, 0.05) is 24.0 Å². The van der Waals surface area contributed by atoms with Crippen molar-refractivity contribution < 1.29 is 9.59 Å². The van der Waals surface area contributed by atoms with Crippen molar-refractivity contribution >= 4 is 27.7 Å². The van der Waals surface area contributed by atoms with Crippen molar-refractivity contribution in [2.45, 2.75) is 19.8 Å². The van der Waals surface area contributed by atoms with E-state index in [0.717, 1.165) is 16.5 Å². The second-order valence-corrected chi connectivity index (χ2v) is 5.81. The molecule has 1 heterocycles. The van der Waals surface area contributed by atoms with Crippen molar-refractivity contribution in [1.29, 1.82) is 0 Å². The largest absolute Gasteiger partial charge is 0.370 e. The van der Waals surface area contributed by atoms with Crippen molar-refractivity contribution in [1.82, 2.24) is 4.90 Å². The van der Waals surface area contributed by atoms with Crippen LogP contribution in [-0.2, 0) is 4.79 Å². The summed E-state index contributed by atoms with van der Waals surface area (Å²) in [7, 11) is 0. The maximum atomic E-state index is 12.4. The van der Waals surface area contributed by atoms with Gasteiger partial charge in [-0.05, 0) is 46.8 Å². The summed E-state index contributed by atoms with van der Waals surface area (Å²) in [5.41, 5.74) is 6.92. The highest BCUT2D eigenvalue weighted by molar-refractivity contribution is 9.10. The molecular formula is C14H17BrN2O2. The molecule has 1 aliphatic heterocycles. The molecule has 0 spiro atoms. The van der Waals surface area contributed by atoms with E-state index >= 15 is 0 Å². The number of primary amides is 1. The Labute approximate surface area is 121 Å².